The number of rotatable bonds is 9. The second-order valence-electron chi connectivity index (χ2n) is 8.95. The summed E-state index contributed by atoms with van der Waals surface area (Å²) in [6.07, 6.45) is 0.802. The zero-order valence-corrected chi connectivity index (χ0v) is 21.5. The first kappa shape index (κ1) is 28.3. The summed E-state index contributed by atoms with van der Waals surface area (Å²) in [5.74, 6) is -1.33. The minimum Gasteiger partial charge on any atom is -0.467 e. The van der Waals surface area contributed by atoms with Gasteiger partial charge in [-0.3, -0.25) is 9.78 Å². The van der Waals surface area contributed by atoms with Crippen molar-refractivity contribution in [2.75, 3.05) is 26.8 Å². The molecule has 0 bridgehead atoms. The van der Waals surface area contributed by atoms with Gasteiger partial charge in [-0.25, -0.2) is 9.59 Å². The molecule has 8 nitrogen and oxygen atoms in total. The number of amides is 2. The van der Waals surface area contributed by atoms with Crippen LogP contribution in [0.5, 0.6) is 0 Å². The van der Waals surface area contributed by atoms with Gasteiger partial charge in [-0.05, 0) is 52.6 Å². The normalized spacial score (nSPS) is 14.2. The van der Waals surface area contributed by atoms with Crippen molar-refractivity contribution in [1.29, 1.82) is 0 Å². The Bertz CT molecular complexity index is 1360. The summed E-state index contributed by atoms with van der Waals surface area (Å²) in [5.41, 5.74) is 2.13. The zero-order chi connectivity index (χ0) is 28.7. The Morgan fingerprint density at radius 1 is 1.05 bits per heavy atom. The highest BCUT2D eigenvalue weighted by Gasteiger charge is 2.35. The van der Waals surface area contributed by atoms with Crippen molar-refractivity contribution >= 4 is 24.0 Å². The van der Waals surface area contributed by atoms with Gasteiger partial charge in [0.25, 0.3) is 0 Å². The van der Waals surface area contributed by atoms with E-state index >= 15 is 0 Å². The lowest BCUT2D eigenvalue weighted by molar-refractivity contribution is -0.152. The lowest BCUT2D eigenvalue weighted by atomic mass is 10.0. The first-order valence-electron chi connectivity index (χ1n) is 12.3. The molecule has 0 spiro atoms. The van der Waals surface area contributed by atoms with Gasteiger partial charge >= 0.3 is 18.2 Å². The Hall–Kier alpha value is -4.67. The number of carbonyl (C=O) groups excluding carboxylic acids is 3. The first-order valence-corrected chi connectivity index (χ1v) is 12.3. The maximum atomic E-state index is 13.5. The molecule has 0 aliphatic carbocycles. The van der Waals surface area contributed by atoms with E-state index in [1.54, 1.807) is 12.4 Å². The van der Waals surface area contributed by atoms with Crippen LogP contribution in [0.1, 0.15) is 16.7 Å². The highest BCUT2D eigenvalue weighted by atomic mass is 19.4. The minimum absolute atomic E-state index is 0.00450. The number of alkyl halides is 3. The first-order chi connectivity index (χ1) is 19.2. The van der Waals surface area contributed by atoms with Gasteiger partial charge in [-0.2, -0.15) is 13.2 Å². The maximum Gasteiger partial charge on any atom is 0.416 e. The number of carbonyl (C=O) groups is 3. The van der Waals surface area contributed by atoms with E-state index in [1.165, 1.54) is 41.2 Å². The molecule has 1 saturated heterocycles. The van der Waals surface area contributed by atoms with Crippen LogP contribution in [0.25, 0.3) is 17.2 Å². The number of ether oxygens (including phenoxy) is 2. The number of aromatic nitrogens is 1. The number of hydrogen-bond acceptors (Lipinski definition) is 6. The number of esters is 1. The van der Waals surface area contributed by atoms with Crippen molar-refractivity contribution < 1.29 is 37.0 Å². The molecule has 0 radical (unpaired) electrons. The highest BCUT2D eigenvalue weighted by molar-refractivity contribution is 5.95. The van der Waals surface area contributed by atoms with Crippen LogP contribution in [0.4, 0.5) is 18.0 Å². The van der Waals surface area contributed by atoms with E-state index < -0.39 is 35.8 Å². The van der Waals surface area contributed by atoms with Gasteiger partial charge in [0.15, 0.2) is 0 Å². The molecule has 2 aromatic carbocycles. The molecule has 4 rings (SSSR count). The fraction of sp³-hybridized carbons (Fsp3) is 0.241. The Morgan fingerprint density at radius 2 is 1.70 bits per heavy atom. The van der Waals surface area contributed by atoms with Crippen LogP contribution in [0.3, 0.4) is 0 Å². The quantitative estimate of drug-likeness (QED) is 0.279. The van der Waals surface area contributed by atoms with Crippen molar-refractivity contribution in [3.05, 3.63) is 95.8 Å². The van der Waals surface area contributed by atoms with Gasteiger partial charge in [0, 0.05) is 25.0 Å². The van der Waals surface area contributed by atoms with Crippen LogP contribution in [0.15, 0.2) is 79.1 Å². The van der Waals surface area contributed by atoms with Gasteiger partial charge in [-0.1, -0.05) is 36.4 Å². The molecule has 0 N–H and O–H groups in total. The van der Waals surface area contributed by atoms with Crippen molar-refractivity contribution in [1.82, 2.24) is 14.8 Å². The van der Waals surface area contributed by atoms with E-state index in [1.807, 2.05) is 36.4 Å². The van der Waals surface area contributed by atoms with E-state index in [9.17, 15) is 27.6 Å². The second-order valence-corrected chi connectivity index (χ2v) is 8.95. The van der Waals surface area contributed by atoms with E-state index in [0.717, 1.165) is 23.3 Å². The third-order valence-electron chi connectivity index (χ3n) is 6.35. The largest absolute Gasteiger partial charge is 0.467 e. The smallest absolute Gasteiger partial charge is 0.416 e. The van der Waals surface area contributed by atoms with Crippen molar-refractivity contribution in [3.63, 3.8) is 0 Å². The molecule has 1 fully saturated rings. The summed E-state index contributed by atoms with van der Waals surface area (Å²) in [6.45, 7) is 0.247. The fourth-order valence-corrected chi connectivity index (χ4v) is 4.17. The van der Waals surface area contributed by atoms with Crippen molar-refractivity contribution in [2.45, 2.75) is 18.8 Å². The van der Waals surface area contributed by atoms with Crippen molar-refractivity contribution in [3.8, 4) is 11.1 Å². The lowest BCUT2D eigenvalue weighted by Gasteiger charge is -2.31. The number of pyridine rings is 1. The van der Waals surface area contributed by atoms with E-state index in [4.69, 9.17) is 9.47 Å². The Labute approximate surface area is 228 Å². The van der Waals surface area contributed by atoms with Crippen LogP contribution in [0, 0.1) is 0 Å². The SMILES string of the molecule is COC(=O)C(CN1CCOC1=O)N(Cc1ccc(-c2ccncc2)cc1)C(=O)C=Cc1ccc(C(F)(F)F)cc1. The number of hydrogen-bond donors (Lipinski definition) is 0. The van der Waals surface area contributed by atoms with Crippen LogP contribution in [-0.2, 0) is 31.8 Å². The van der Waals surface area contributed by atoms with Gasteiger partial charge in [0.1, 0.15) is 12.6 Å². The molecule has 208 valence electrons. The van der Waals surface area contributed by atoms with E-state index in [2.05, 4.69) is 4.98 Å². The summed E-state index contributed by atoms with van der Waals surface area (Å²) in [4.78, 5) is 45.0. The van der Waals surface area contributed by atoms with E-state index in [0.29, 0.717) is 11.1 Å². The molecule has 1 unspecified atom stereocenters. The second kappa shape index (κ2) is 12.5. The third kappa shape index (κ3) is 7.04. The predicted octanol–water partition coefficient (Wildman–Crippen LogP) is 4.80. The molecule has 2 amide bonds. The Morgan fingerprint density at radius 3 is 2.27 bits per heavy atom. The van der Waals surface area contributed by atoms with Crippen LogP contribution in [0.2, 0.25) is 0 Å². The maximum absolute atomic E-state index is 13.5. The summed E-state index contributed by atoms with van der Waals surface area (Å²) in [5, 5.41) is 0. The van der Waals surface area contributed by atoms with Crippen LogP contribution in [-0.4, -0.2) is 65.6 Å². The average Bonchev–Trinajstić information content (AvgIpc) is 3.37. The standard InChI is InChI=1S/C29H26F3N3O5/c1-39-27(37)25(19-34-16-17-40-28(34)38)35(18-21-2-7-22(8-3-21)23-12-14-33-15-13-23)26(36)11-6-20-4-9-24(10-5-20)29(30,31)32/h2-15,25H,16-19H2,1H3. The molecule has 1 aliphatic heterocycles. The predicted molar refractivity (Wildman–Crippen MR) is 139 cm³/mol. The van der Waals surface area contributed by atoms with Gasteiger partial charge < -0.3 is 19.3 Å². The topological polar surface area (TPSA) is 89.0 Å². The third-order valence-corrected chi connectivity index (χ3v) is 6.35. The molecule has 2 heterocycles. The summed E-state index contributed by atoms with van der Waals surface area (Å²) in [6, 6.07) is 14.2. The molecule has 40 heavy (non-hydrogen) atoms. The average molecular weight is 554 g/mol. The molecule has 3 aromatic rings. The summed E-state index contributed by atoms with van der Waals surface area (Å²) >= 11 is 0. The highest BCUT2D eigenvalue weighted by Crippen LogP contribution is 2.29. The number of benzene rings is 2. The zero-order valence-electron chi connectivity index (χ0n) is 21.5. The van der Waals surface area contributed by atoms with Crippen LogP contribution >= 0.6 is 0 Å². The summed E-state index contributed by atoms with van der Waals surface area (Å²) < 4.78 is 48.6. The molecular weight excluding hydrogens is 527 g/mol. The van der Waals surface area contributed by atoms with E-state index in [-0.39, 0.29) is 26.2 Å². The van der Waals surface area contributed by atoms with Gasteiger partial charge in [0.05, 0.1) is 25.8 Å². The van der Waals surface area contributed by atoms with Gasteiger partial charge in [-0.15, -0.1) is 0 Å². The fourth-order valence-electron chi connectivity index (χ4n) is 4.17. The number of halogens is 3. The minimum atomic E-state index is -4.48. The Balaban J connectivity index is 1.61. The van der Waals surface area contributed by atoms with Crippen molar-refractivity contribution in [2.24, 2.45) is 0 Å². The lowest BCUT2D eigenvalue weighted by Crippen LogP contribution is -2.51. The molecule has 11 heteroatoms. The number of nitrogens with zero attached hydrogens (tertiary/aromatic N) is 3. The van der Waals surface area contributed by atoms with Gasteiger partial charge in [0.2, 0.25) is 5.91 Å². The molecular formula is C29H26F3N3O5. The Kier molecular flexibility index (Phi) is 8.83. The van der Waals surface area contributed by atoms with Crippen LogP contribution < -0.4 is 0 Å². The molecule has 1 aliphatic rings. The molecule has 1 atom stereocenters. The molecule has 0 saturated carbocycles. The number of cyclic esters (lactones) is 1. The summed E-state index contributed by atoms with van der Waals surface area (Å²) in [7, 11) is 1.18. The molecule has 1 aromatic heterocycles. The monoisotopic (exact) mass is 553 g/mol. The number of methoxy groups -OCH3 is 1.